The summed E-state index contributed by atoms with van der Waals surface area (Å²) in [5.74, 6) is -4.14. The van der Waals surface area contributed by atoms with Crippen LogP contribution < -0.4 is 10.6 Å². The first-order chi connectivity index (χ1) is 25.3. The second-order valence-electron chi connectivity index (χ2n) is 10.9. The Labute approximate surface area is 324 Å². The molecule has 0 aliphatic rings. The van der Waals surface area contributed by atoms with Crippen molar-refractivity contribution in [1.82, 2.24) is 10.6 Å². The van der Waals surface area contributed by atoms with Gasteiger partial charge in [0, 0.05) is 6.42 Å². The van der Waals surface area contributed by atoms with Crippen molar-refractivity contribution in [3.05, 3.63) is 139 Å². The number of esters is 2. The molecule has 0 aliphatic carbocycles. The van der Waals surface area contributed by atoms with Crippen molar-refractivity contribution in [1.29, 1.82) is 0 Å². The Kier molecular flexibility index (Phi) is 17.1. The van der Waals surface area contributed by atoms with E-state index in [0.717, 1.165) is 11.1 Å². The smallest absolute Gasteiger partial charge is 0.408 e. The summed E-state index contributed by atoms with van der Waals surface area (Å²) >= 11 is 23.5. The molecule has 12 nitrogen and oxygen atoms in total. The number of nitrogens with one attached hydrogen (secondary N) is 2. The zero-order valence-electron chi connectivity index (χ0n) is 27.9. The lowest BCUT2D eigenvalue weighted by Gasteiger charge is -2.20. The molecule has 0 fully saturated rings. The third-order valence-corrected chi connectivity index (χ3v) is 8.16. The van der Waals surface area contributed by atoms with Crippen LogP contribution in [0.15, 0.2) is 97.1 Å². The molecular weight excluding hydrogens is 774 g/mol. The summed E-state index contributed by atoms with van der Waals surface area (Å²) in [4.78, 5) is 71.2. The van der Waals surface area contributed by atoms with Gasteiger partial charge in [-0.15, -0.1) is 0 Å². The minimum atomic E-state index is -1.16. The Bertz CT molecular complexity index is 1800. The molecule has 0 heterocycles. The Morgan fingerprint density at radius 1 is 0.604 bits per heavy atom. The molecule has 0 saturated carbocycles. The van der Waals surface area contributed by atoms with Crippen LogP contribution in [-0.4, -0.2) is 66.1 Å². The fourth-order valence-electron chi connectivity index (χ4n) is 4.21. The van der Waals surface area contributed by atoms with Crippen LogP contribution in [0.1, 0.15) is 38.8 Å². The van der Waals surface area contributed by atoms with Crippen LogP contribution in [0.2, 0.25) is 20.1 Å². The second kappa shape index (κ2) is 21.4. The molecule has 3 N–H and O–H groups in total. The van der Waals surface area contributed by atoms with Gasteiger partial charge in [-0.1, -0.05) is 119 Å². The number of benzene rings is 4. The average molecular weight is 806 g/mol. The van der Waals surface area contributed by atoms with Gasteiger partial charge in [-0.3, -0.25) is 14.4 Å². The third-order valence-electron chi connectivity index (χ3n) is 6.90. The van der Waals surface area contributed by atoms with E-state index in [-0.39, 0.29) is 44.2 Å². The number of hydrogen-bond donors (Lipinski definition) is 3. The van der Waals surface area contributed by atoms with E-state index >= 15 is 0 Å². The Morgan fingerprint density at radius 2 is 1.04 bits per heavy atom. The van der Waals surface area contributed by atoms with E-state index in [1.165, 1.54) is 31.2 Å². The molecule has 0 radical (unpaired) electrons. The molecule has 4 rings (SSSR count). The van der Waals surface area contributed by atoms with Crippen LogP contribution in [0.25, 0.3) is 0 Å². The fraction of sp³-hybridized carbons (Fsp3) is 0.189. The van der Waals surface area contributed by atoms with Crippen LogP contribution in [0.3, 0.4) is 0 Å². The summed E-state index contributed by atoms with van der Waals surface area (Å²) in [6.45, 7) is 0.180. The van der Waals surface area contributed by atoms with Gasteiger partial charge in [0.25, 0.3) is 0 Å². The summed E-state index contributed by atoms with van der Waals surface area (Å²) in [5, 5.41) is 14.2. The number of amides is 2. The zero-order valence-corrected chi connectivity index (χ0v) is 30.9. The molecule has 16 heteroatoms. The van der Waals surface area contributed by atoms with E-state index in [1.54, 1.807) is 12.1 Å². The number of carbonyl (C=O) groups is 6. The van der Waals surface area contributed by atoms with Gasteiger partial charge in [-0.2, -0.15) is 0 Å². The summed E-state index contributed by atoms with van der Waals surface area (Å²) in [6.07, 6.45) is -0.544. The van der Waals surface area contributed by atoms with Crippen molar-refractivity contribution in [3.63, 3.8) is 0 Å². The topological polar surface area (TPSA) is 174 Å². The van der Waals surface area contributed by atoms with Gasteiger partial charge in [0.15, 0.2) is 13.2 Å². The number of hydrogen-bond acceptors (Lipinski definition) is 9. The minimum absolute atomic E-state index is 0.0523. The second-order valence-corrected chi connectivity index (χ2v) is 12.5. The SMILES string of the molecule is C[C@H](NC(=O)[C@H](Cc1ccccc1)NC(=O)OCc1ccccc1)C(=O)O.O=C(COC(=O)c1c(Cl)cccc1Cl)COC(=O)c1c(Cl)cccc1Cl. The Hall–Kier alpha value is -5.14. The third kappa shape index (κ3) is 14.1. The van der Waals surface area contributed by atoms with Gasteiger partial charge in [0.05, 0.1) is 31.2 Å². The van der Waals surface area contributed by atoms with E-state index in [2.05, 4.69) is 10.6 Å². The molecule has 0 bridgehead atoms. The van der Waals surface area contributed by atoms with Gasteiger partial charge in [0.2, 0.25) is 11.7 Å². The molecule has 2 atom stereocenters. The highest BCUT2D eigenvalue weighted by Crippen LogP contribution is 2.26. The first-order valence-corrected chi connectivity index (χ1v) is 17.1. The first-order valence-electron chi connectivity index (χ1n) is 15.5. The van der Waals surface area contributed by atoms with Crippen LogP contribution in [0, 0.1) is 0 Å². The molecule has 278 valence electrons. The number of Topliss-reactive ketones (excluding diaryl/α,β-unsaturated/α-hetero) is 1. The normalized spacial score (nSPS) is 11.4. The number of carboxylic acid groups (broad SMARTS) is 1. The number of carbonyl (C=O) groups excluding carboxylic acids is 5. The van der Waals surface area contributed by atoms with Crippen molar-refractivity contribution in [2.24, 2.45) is 0 Å². The molecule has 0 spiro atoms. The standard InChI is InChI=1S/C20H22N2O5.C17H10Cl4O5/c1-14(19(24)25)21-18(23)17(12-15-8-4-2-5-9-15)22-20(26)27-13-16-10-6-3-7-11-16;18-10-3-1-4-11(19)14(10)16(23)25-7-9(22)8-26-17(24)15-12(20)5-2-6-13(15)21/h2-11,14,17H,12-13H2,1H3,(H,21,23)(H,22,26)(H,24,25);1-6H,7-8H2/t14-,17-;/m0./s1. The van der Waals surface area contributed by atoms with E-state index in [0.29, 0.717) is 0 Å². The zero-order chi connectivity index (χ0) is 38.9. The van der Waals surface area contributed by atoms with Gasteiger partial charge >= 0.3 is 24.0 Å². The van der Waals surface area contributed by atoms with Gasteiger partial charge in [0.1, 0.15) is 18.7 Å². The number of carboxylic acids is 1. The predicted molar refractivity (Wildman–Crippen MR) is 197 cm³/mol. The largest absolute Gasteiger partial charge is 0.480 e. The maximum atomic E-state index is 12.4. The highest BCUT2D eigenvalue weighted by Gasteiger charge is 2.25. The van der Waals surface area contributed by atoms with Gasteiger partial charge < -0.3 is 30.0 Å². The molecule has 0 aromatic heterocycles. The number of halogens is 4. The lowest BCUT2D eigenvalue weighted by Crippen LogP contribution is -2.51. The first kappa shape index (κ1) is 42.3. The fourth-order valence-corrected chi connectivity index (χ4v) is 5.31. The molecule has 2 amide bonds. The lowest BCUT2D eigenvalue weighted by molar-refractivity contribution is -0.141. The number of rotatable bonds is 14. The molecule has 53 heavy (non-hydrogen) atoms. The lowest BCUT2D eigenvalue weighted by atomic mass is 10.1. The maximum Gasteiger partial charge on any atom is 0.408 e. The van der Waals surface area contributed by atoms with Crippen molar-refractivity contribution in [2.75, 3.05) is 13.2 Å². The molecule has 4 aromatic rings. The van der Waals surface area contributed by atoms with Crippen LogP contribution in [-0.2, 0) is 41.6 Å². The van der Waals surface area contributed by atoms with E-state index in [1.807, 2.05) is 60.7 Å². The Balaban J connectivity index is 0.000000286. The summed E-state index contributed by atoms with van der Waals surface area (Å²) < 4.78 is 14.8. The van der Waals surface area contributed by atoms with E-state index in [4.69, 9.17) is 65.7 Å². The summed E-state index contributed by atoms with van der Waals surface area (Å²) in [6, 6.07) is 25.2. The van der Waals surface area contributed by atoms with Crippen LogP contribution >= 0.6 is 46.4 Å². The summed E-state index contributed by atoms with van der Waals surface area (Å²) in [7, 11) is 0. The van der Waals surface area contributed by atoms with Gasteiger partial charge in [-0.05, 0) is 42.3 Å². The van der Waals surface area contributed by atoms with E-state index in [9.17, 15) is 28.8 Å². The van der Waals surface area contributed by atoms with E-state index < -0.39 is 61.0 Å². The van der Waals surface area contributed by atoms with Crippen LogP contribution in [0.4, 0.5) is 4.79 Å². The molecule has 0 aliphatic heterocycles. The minimum Gasteiger partial charge on any atom is -0.480 e. The number of ether oxygens (including phenoxy) is 3. The number of alkyl carbamates (subject to hydrolysis) is 1. The number of aliphatic carboxylic acids is 1. The van der Waals surface area contributed by atoms with Gasteiger partial charge in [-0.25, -0.2) is 14.4 Å². The molecular formula is C37H32Cl4N2O10. The van der Waals surface area contributed by atoms with Crippen molar-refractivity contribution >= 4 is 82.1 Å². The quantitative estimate of drug-likeness (QED) is 0.0890. The number of ketones is 1. The molecule has 0 unspecified atom stereocenters. The van der Waals surface area contributed by atoms with Crippen LogP contribution in [0.5, 0.6) is 0 Å². The summed E-state index contributed by atoms with van der Waals surface area (Å²) in [5.41, 5.74) is 1.53. The highest BCUT2D eigenvalue weighted by molar-refractivity contribution is 6.40. The molecule has 0 saturated heterocycles. The average Bonchev–Trinajstić information content (AvgIpc) is 3.13. The van der Waals surface area contributed by atoms with Crippen molar-refractivity contribution < 1.29 is 48.1 Å². The van der Waals surface area contributed by atoms with Crippen molar-refractivity contribution in [2.45, 2.75) is 32.0 Å². The maximum absolute atomic E-state index is 12.4. The predicted octanol–water partition coefficient (Wildman–Crippen LogP) is 7.00. The monoisotopic (exact) mass is 804 g/mol. The highest BCUT2D eigenvalue weighted by atomic mass is 35.5. The van der Waals surface area contributed by atoms with Crippen molar-refractivity contribution in [3.8, 4) is 0 Å². The Morgan fingerprint density at radius 3 is 1.47 bits per heavy atom. The molecule has 4 aromatic carbocycles.